The first-order valence-electron chi connectivity index (χ1n) is 8.09. The van der Waals surface area contributed by atoms with Crippen LogP contribution in [-0.2, 0) is 17.8 Å². The maximum absolute atomic E-state index is 12.3. The van der Waals surface area contributed by atoms with Gasteiger partial charge in [0.25, 0.3) is 0 Å². The smallest absolute Gasteiger partial charge is 0.325 e. The molecule has 0 bridgehead atoms. The molecule has 0 aliphatic heterocycles. The summed E-state index contributed by atoms with van der Waals surface area (Å²) in [5.41, 5.74) is 3.58. The number of nitrogens with one attached hydrogen (secondary N) is 1. The van der Waals surface area contributed by atoms with Crippen LogP contribution in [0.2, 0.25) is 0 Å². The van der Waals surface area contributed by atoms with Crippen molar-refractivity contribution in [3.8, 4) is 11.4 Å². The summed E-state index contributed by atoms with van der Waals surface area (Å²) in [6.07, 6.45) is 0.935. The van der Waals surface area contributed by atoms with Gasteiger partial charge in [0.05, 0.1) is 0 Å². The highest BCUT2D eigenvalue weighted by atomic mass is 16.5. The summed E-state index contributed by atoms with van der Waals surface area (Å²) >= 11 is 0. The Morgan fingerprint density at radius 2 is 1.88 bits per heavy atom. The van der Waals surface area contributed by atoms with E-state index >= 15 is 0 Å². The molecule has 128 valence electrons. The van der Waals surface area contributed by atoms with Crippen LogP contribution in [0.1, 0.15) is 18.1 Å². The van der Waals surface area contributed by atoms with E-state index in [0.29, 0.717) is 11.5 Å². The Balaban J connectivity index is 1.81. The van der Waals surface area contributed by atoms with E-state index in [1.54, 1.807) is 0 Å². The number of carbonyl (C=O) groups is 1. The van der Waals surface area contributed by atoms with Crippen LogP contribution in [0.25, 0.3) is 11.4 Å². The van der Waals surface area contributed by atoms with Gasteiger partial charge in [0.15, 0.2) is 5.82 Å². The molecule has 1 amide bonds. The Morgan fingerprint density at radius 1 is 1.16 bits per heavy atom. The lowest BCUT2D eigenvalue weighted by molar-refractivity contribution is -0.116. The Hall–Kier alpha value is -3.15. The first-order valence-corrected chi connectivity index (χ1v) is 8.09. The minimum atomic E-state index is -0.658. The maximum Gasteiger partial charge on any atom is 0.442 e. The molecule has 0 aliphatic rings. The van der Waals surface area contributed by atoms with Crippen LogP contribution >= 0.6 is 0 Å². The van der Waals surface area contributed by atoms with E-state index in [2.05, 4.69) is 17.4 Å². The predicted octanol–water partition coefficient (Wildman–Crippen LogP) is 3.01. The van der Waals surface area contributed by atoms with Crippen molar-refractivity contribution in [3.63, 3.8) is 0 Å². The van der Waals surface area contributed by atoms with Crippen molar-refractivity contribution in [2.24, 2.45) is 0 Å². The zero-order valence-electron chi connectivity index (χ0n) is 14.2. The average molecular weight is 337 g/mol. The number of nitrogens with zero attached hydrogens (tertiary/aromatic N) is 2. The molecule has 0 saturated carbocycles. The Bertz CT molecular complexity index is 939. The second kappa shape index (κ2) is 7.17. The van der Waals surface area contributed by atoms with E-state index in [9.17, 15) is 9.59 Å². The van der Waals surface area contributed by atoms with Crippen LogP contribution in [0, 0.1) is 6.92 Å². The molecule has 0 fully saturated rings. The van der Waals surface area contributed by atoms with Crippen LogP contribution in [0.5, 0.6) is 0 Å². The van der Waals surface area contributed by atoms with Gasteiger partial charge >= 0.3 is 5.76 Å². The molecule has 2 aromatic carbocycles. The lowest BCUT2D eigenvalue weighted by Crippen LogP contribution is -2.25. The van der Waals surface area contributed by atoms with E-state index in [1.165, 1.54) is 10.1 Å². The summed E-state index contributed by atoms with van der Waals surface area (Å²) in [7, 11) is 0. The third-order valence-electron chi connectivity index (χ3n) is 4.02. The average Bonchev–Trinajstić information content (AvgIpc) is 2.96. The first kappa shape index (κ1) is 16.7. The number of anilines is 1. The molecule has 1 heterocycles. The molecular formula is C19H19N3O3. The Labute approximate surface area is 145 Å². The minimum absolute atomic E-state index is 0.165. The number of hydrogen-bond acceptors (Lipinski definition) is 4. The topological polar surface area (TPSA) is 77.1 Å². The summed E-state index contributed by atoms with van der Waals surface area (Å²) in [4.78, 5) is 24.3. The number of rotatable bonds is 5. The van der Waals surface area contributed by atoms with Gasteiger partial charge in [-0.2, -0.15) is 0 Å². The Morgan fingerprint density at radius 3 is 2.56 bits per heavy atom. The second-order valence-electron chi connectivity index (χ2n) is 5.77. The largest absolute Gasteiger partial charge is 0.442 e. The number of amides is 1. The highest BCUT2D eigenvalue weighted by Gasteiger charge is 2.17. The fourth-order valence-electron chi connectivity index (χ4n) is 2.59. The number of aromatic nitrogens is 2. The zero-order valence-corrected chi connectivity index (χ0v) is 14.2. The van der Waals surface area contributed by atoms with E-state index in [1.807, 2.05) is 55.5 Å². The summed E-state index contributed by atoms with van der Waals surface area (Å²) in [6, 6.07) is 15.1. The second-order valence-corrected chi connectivity index (χ2v) is 5.77. The van der Waals surface area contributed by atoms with Gasteiger partial charge in [0, 0.05) is 11.3 Å². The minimum Gasteiger partial charge on any atom is -0.325 e. The van der Waals surface area contributed by atoms with Gasteiger partial charge in [-0.25, -0.2) is 9.36 Å². The van der Waals surface area contributed by atoms with Crippen LogP contribution in [0.4, 0.5) is 5.69 Å². The molecule has 1 aromatic heterocycles. The monoisotopic (exact) mass is 337 g/mol. The van der Waals surface area contributed by atoms with E-state index in [-0.39, 0.29) is 12.5 Å². The molecule has 6 nitrogen and oxygen atoms in total. The highest BCUT2D eigenvalue weighted by Crippen LogP contribution is 2.20. The van der Waals surface area contributed by atoms with Gasteiger partial charge in [-0.3, -0.25) is 9.32 Å². The number of carbonyl (C=O) groups excluding carboxylic acids is 1. The molecule has 6 heteroatoms. The molecule has 0 unspecified atom stereocenters. The van der Waals surface area contributed by atoms with Crippen molar-refractivity contribution in [2.75, 3.05) is 5.32 Å². The number of aryl methyl sites for hydroxylation is 2. The van der Waals surface area contributed by atoms with Crippen molar-refractivity contribution in [1.82, 2.24) is 9.72 Å². The van der Waals surface area contributed by atoms with Crippen molar-refractivity contribution in [2.45, 2.75) is 26.8 Å². The standard InChI is InChI=1S/C19H19N3O3/c1-3-14-8-10-15(11-9-14)20-17(23)12-22-18(21-25-19(22)24)16-7-5-4-6-13(16)2/h4-11H,3,12H2,1-2H3,(H,20,23). The van der Waals surface area contributed by atoms with Crippen LogP contribution in [0.3, 0.4) is 0 Å². The van der Waals surface area contributed by atoms with Crippen molar-refractivity contribution >= 4 is 11.6 Å². The molecule has 0 radical (unpaired) electrons. The predicted molar refractivity (Wildman–Crippen MR) is 95.4 cm³/mol. The van der Waals surface area contributed by atoms with Gasteiger partial charge in [-0.05, 0) is 36.6 Å². The van der Waals surface area contributed by atoms with Gasteiger partial charge in [-0.15, -0.1) is 0 Å². The lowest BCUT2D eigenvalue weighted by Gasteiger charge is -2.08. The van der Waals surface area contributed by atoms with E-state index in [4.69, 9.17) is 4.52 Å². The molecule has 3 aromatic rings. The summed E-state index contributed by atoms with van der Waals surface area (Å²) < 4.78 is 6.00. The first-order chi connectivity index (χ1) is 12.1. The van der Waals surface area contributed by atoms with E-state index in [0.717, 1.165) is 17.5 Å². The normalized spacial score (nSPS) is 10.6. The molecule has 1 N–H and O–H groups in total. The summed E-state index contributed by atoms with van der Waals surface area (Å²) in [5.74, 6) is -0.626. The molecule has 25 heavy (non-hydrogen) atoms. The Kier molecular flexibility index (Phi) is 4.79. The summed E-state index contributed by atoms with van der Waals surface area (Å²) in [6.45, 7) is 3.81. The molecule has 3 rings (SSSR count). The number of hydrogen-bond donors (Lipinski definition) is 1. The maximum atomic E-state index is 12.3. The zero-order chi connectivity index (χ0) is 17.8. The third kappa shape index (κ3) is 3.68. The molecule has 0 atom stereocenters. The third-order valence-corrected chi connectivity index (χ3v) is 4.02. The van der Waals surface area contributed by atoms with Crippen molar-refractivity contribution in [1.29, 1.82) is 0 Å². The van der Waals surface area contributed by atoms with E-state index < -0.39 is 5.76 Å². The molecule has 0 aliphatic carbocycles. The lowest BCUT2D eigenvalue weighted by atomic mass is 10.1. The van der Waals surface area contributed by atoms with Gasteiger partial charge in [0.2, 0.25) is 5.91 Å². The van der Waals surface area contributed by atoms with Crippen LogP contribution < -0.4 is 11.1 Å². The van der Waals surface area contributed by atoms with Crippen LogP contribution in [0.15, 0.2) is 57.8 Å². The van der Waals surface area contributed by atoms with Crippen molar-refractivity contribution in [3.05, 3.63) is 70.2 Å². The van der Waals surface area contributed by atoms with Gasteiger partial charge in [0.1, 0.15) is 6.54 Å². The van der Waals surface area contributed by atoms with Crippen molar-refractivity contribution < 1.29 is 9.32 Å². The molecule has 0 spiro atoms. The van der Waals surface area contributed by atoms with Gasteiger partial charge in [-0.1, -0.05) is 48.5 Å². The van der Waals surface area contributed by atoms with Gasteiger partial charge < -0.3 is 5.32 Å². The highest BCUT2D eigenvalue weighted by molar-refractivity contribution is 5.90. The quantitative estimate of drug-likeness (QED) is 0.776. The van der Waals surface area contributed by atoms with Crippen LogP contribution in [-0.4, -0.2) is 15.6 Å². The molecular weight excluding hydrogens is 318 g/mol. The fraction of sp³-hybridized carbons (Fsp3) is 0.211. The fourth-order valence-corrected chi connectivity index (χ4v) is 2.59. The summed E-state index contributed by atoms with van der Waals surface area (Å²) in [5, 5.41) is 6.61. The number of benzene rings is 2. The SMILES string of the molecule is CCc1ccc(NC(=O)Cn2c(-c3ccccc3C)noc2=O)cc1. The molecule has 0 saturated heterocycles.